The van der Waals surface area contributed by atoms with Crippen LogP contribution in [-0.2, 0) is 21.4 Å². The summed E-state index contributed by atoms with van der Waals surface area (Å²) < 4.78 is 12.3. The van der Waals surface area contributed by atoms with Crippen LogP contribution in [0.25, 0.3) is 16.7 Å². The standard InChI is InChI=1S/C24H24N2O5/c1-25-14-18(17-6-4-5-7-19(17)25)21-20(23(28)24(29)26(21)12-13-30-2)22(27)15-8-10-16(31-3)11-9-15/h4-11,14,21,27H,12-13H2,1-3H3/b22-20+. The zero-order chi connectivity index (χ0) is 22.1. The molecule has 1 aliphatic rings. The van der Waals surface area contributed by atoms with Crippen molar-refractivity contribution in [1.82, 2.24) is 9.47 Å². The van der Waals surface area contributed by atoms with Crippen LogP contribution in [-0.4, -0.2) is 53.6 Å². The molecular weight excluding hydrogens is 396 g/mol. The van der Waals surface area contributed by atoms with Crippen molar-refractivity contribution in [2.75, 3.05) is 27.4 Å². The molecule has 4 rings (SSSR count). The number of para-hydroxylation sites is 1. The maximum Gasteiger partial charge on any atom is 0.295 e. The Hall–Kier alpha value is -3.58. The van der Waals surface area contributed by atoms with E-state index < -0.39 is 17.7 Å². The number of hydrogen-bond acceptors (Lipinski definition) is 5. The number of carbonyl (C=O) groups is 2. The maximum absolute atomic E-state index is 13.1. The number of nitrogens with zero attached hydrogens (tertiary/aromatic N) is 2. The van der Waals surface area contributed by atoms with E-state index in [0.29, 0.717) is 11.3 Å². The normalized spacial score (nSPS) is 18.2. The van der Waals surface area contributed by atoms with E-state index in [2.05, 4.69) is 0 Å². The molecule has 1 unspecified atom stereocenters. The minimum Gasteiger partial charge on any atom is -0.507 e. The summed E-state index contributed by atoms with van der Waals surface area (Å²) in [5.41, 5.74) is 2.26. The molecule has 7 nitrogen and oxygen atoms in total. The van der Waals surface area contributed by atoms with Gasteiger partial charge in [-0.1, -0.05) is 18.2 Å². The number of likely N-dealkylation sites (tertiary alicyclic amines) is 1. The van der Waals surface area contributed by atoms with E-state index in [9.17, 15) is 14.7 Å². The smallest absolute Gasteiger partial charge is 0.295 e. The molecule has 7 heteroatoms. The van der Waals surface area contributed by atoms with E-state index in [1.54, 1.807) is 38.5 Å². The lowest BCUT2D eigenvalue weighted by molar-refractivity contribution is -0.140. The molecule has 1 aromatic heterocycles. The fourth-order valence-electron chi connectivity index (χ4n) is 4.12. The molecule has 0 spiro atoms. The Bertz CT molecular complexity index is 1180. The third-order valence-electron chi connectivity index (χ3n) is 5.66. The number of carbonyl (C=O) groups excluding carboxylic acids is 2. The second-order valence-electron chi connectivity index (χ2n) is 7.43. The van der Waals surface area contributed by atoms with Crippen molar-refractivity contribution in [1.29, 1.82) is 0 Å². The van der Waals surface area contributed by atoms with Crippen LogP contribution in [0.5, 0.6) is 5.75 Å². The minimum atomic E-state index is -0.719. The van der Waals surface area contributed by atoms with Crippen molar-refractivity contribution in [3.8, 4) is 5.75 Å². The first-order chi connectivity index (χ1) is 15.0. The second kappa shape index (κ2) is 8.28. The van der Waals surface area contributed by atoms with Gasteiger partial charge in [-0.3, -0.25) is 9.59 Å². The first-order valence-electron chi connectivity index (χ1n) is 9.93. The fraction of sp³-hybridized carbons (Fsp3) is 0.250. The van der Waals surface area contributed by atoms with Crippen LogP contribution in [0.2, 0.25) is 0 Å². The highest BCUT2D eigenvalue weighted by atomic mass is 16.5. The Labute approximate surface area is 180 Å². The number of Topliss-reactive ketones (excluding diaryl/α,β-unsaturated/α-hetero) is 1. The van der Waals surface area contributed by atoms with E-state index in [-0.39, 0.29) is 24.5 Å². The van der Waals surface area contributed by atoms with Crippen molar-refractivity contribution in [2.45, 2.75) is 6.04 Å². The Morgan fingerprint density at radius 3 is 2.45 bits per heavy atom. The number of ketones is 1. The summed E-state index contributed by atoms with van der Waals surface area (Å²) in [6.45, 7) is 0.505. The predicted molar refractivity (Wildman–Crippen MR) is 117 cm³/mol. The molecule has 1 atom stereocenters. The highest BCUT2D eigenvalue weighted by Crippen LogP contribution is 2.42. The van der Waals surface area contributed by atoms with E-state index in [1.807, 2.05) is 42.1 Å². The van der Waals surface area contributed by atoms with Gasteiger partial charge in [-0.25, -0.2) is 0 Å². The third-order valence-corrected chi connectivity index (χ3v) is 5.66. The third kappa shape index (κ3) is 3.47. The quantitative estimate of drug-likeness (QED) is 0.376. The summed E-state index contributed by atoms with van der Waals surface area (Å²) in [6.07, 6.45) is 1.91. The topological polar surface area (TPSA) is 81.0 Å². The number of aryl methyl sites for hydroxylation is 1. The number of benzene rings is 2. The summed E-state index contributed by atoms with van der Waals surface area (Å²) in [6, 6.07) is 13.8. The number of amides is 1. The SMILES string of the molecule is COCCN1C(=O)C(=O)/C(=C(/O)c2ccc(OC)cc2)C1c1cn(C)c2ccccc12. The Balaban J connectivity index is 1.92. The predicted octanol–water partition coefficient (Wildman–Crippen LogP) is 3.26. The molecule has 1 saturated heterocycles. The molecular formula is C24H24N2O5. The molecule has 2 heterocycles. The molecule has 0 bridgehead atoms. The summed E-state index contributed by atoms with van der Waals surface area (Å²) in [4.78, 5) is 27.5. The number of methoxy groups -OCH3 is 2. The average molecular weight is 420 g/mol. The van der Waals surface area contributed by atoms with Crippen LogP contribution in [0.1, 0.15) is 17.2 Å². The molecule has 1 amide bonds. The zero-order valence-corrected chi connectivity index (χ0v) is 17.7. The van der Waals surface area contributed by atoms with Crippen molar-refractivity contribution in [3.05, 3.63) is 71.4 Å². The Morgan fingerprint density at radius 1 is 1.06 bits per heavy atom. The van der Waals surface area contributed by atoms with Crippen LogP contribution >= 0.6 is 0 Å². The summed E-state index contributed by atoms with van der Waals surface area (Å²) in [5, 5.41) is 12.0. The second-order valence-corrected chi connectivity index (χ2v) is 7.43. The summed E-state index contributed by atoms with van der Waals surface area (Å²) >= 11 is 0. The lowest BCUT2D eigenvalue weighted by atomic mass is 9.95. The van der Waals surface area contributed by atoms with Gasteiger partial charge in [0.2, 0.25) is 0 Å². The van der Waals surface area contributed by atoms with Crippen LogP contribution in [0, 0.1) is 0 Å². The number of aliphatic hydroxyl groups is 1. The van der Waals surface area contributed by atoms with Gasteiger partial charge in [0, 0.05) is 48.9 Å². The molecule has 2 aromatic carbocycles. The average Bonchev–Trinajstić information content (AvgIpc) is 3.25. The largest absolute Gasteiger partial charge is 0.507 e. The van der Waals surface area contributed by atoms with Gasteiger partial charge in [0.25, 0.3) is 11.7 Å². The maximum atomic E-state index is 13.1. The molecule has 0 aliphatic carbocycles. The van der Waals surface area contributed by atoms with Crippen molar-refractivity contribution in [2.24, 2.45) is 7.05 Å². The van der Waals surface area contributed by atoms with E-state index in [1.165, 1.54) is 4.90 Å². The van der Waals surface area contributed by atoms with Crippen LogP contribution in [0.15, 0.2) is 60.3 Å². The first kappa shape index (κ1) is 20.7. The number of rotatable bonds is 6. The molecule has 1 aliphatic heterocycles. The van der Waals surface area contributed by atoms with Crippen LogP contribution in [0.3, 0.4) is 0 Å². The Morgan fingerprint density at radius 2 is 1.77 bits per heavy atom. The number of fused-ring (bicyclic) bond motifs is 1. The lowest BCUT2D eigenvalue weighted by Gasteiger charge is -2.24. The highest BCUT2D eigenvalue weighted by Gasteiger charge is 2.46. The first-order valence-corrected chi connectivity index (χ1v) is 9.93. The lowest BCUT2D eigenvalue weighted by Crippen LogP contribution is -2.32. The van der Waals surface area contributed by atoms with Crippen molar-refractivity contribution >= 4 is 28.4 Å². The molecule has 0 radical (unpaired) electrons. The molecule has 3 aromatic rings. The van der Waals surface area contributed by atoms with E-state index in [0.717, 1.165) is 16.5 Å². The molecule has 1 N–H and O–H groups in total. The zero-order valence-electron chi connectivity index (χ0n) is 17.7. The Kier molecular flexibility index (Phi) is 5.52. The van der Waals surface area contributed by atoms with Gasteiger partial charge in [0.15, 0.2) is 0 Å². The van der Waals surface area contributed by atoms with Gasteiger partial charge in [0.1, 0.15) is 11.5 Å². The molecule has 1 fully saturated rings. The number of aliphatic hydroxyl groups excluding tert-OH is 1. The van der Waals surface area contributed by atoms with Crippen molar-refractivity contribution in [3.63, 3.8) is 0 Å². The van der Waals surface area contributed by atoms with Crippen LogP contribution in [0.4, 0.5) is 0 Å². The van der Waals surface area contributed by atoms with Crippen LogP contribution < -0.4 is 4.74 Å². The van der Waals surface area contributed by atoms with Gasteiger partial charge in [-0.05, 0) is 30.3 Å². The summed E-state index contributed by atoms with van der Waals surface area (Å²) in [7, 11) is 5.01. The number of aromatic nitrogens is 1. The molecule has 160 valence electrons. The van der Waals surface area contributed by atoms with E-state index >= 15 is 0 Å². The van der Waals surface area contributed by atoms with Gasteiger partial charge in [-0.2, -0.15) is 0 Å². The summed E-state index contributed by atoms with van der Waals surface area (Å²) in [5.74, 6) is -0.936. The fourth-order valence-corrected chi connectivity index (χ4v) is 4.12. The number of ether oxygens (including phenoxy) is 2. The highest BCUT2D eigenvalue weighted by molar-refractivity contribution is 6.46. The van der Waals surface area contributed by atoms with Crippen molar-refractivity contribution < 1.29 is 24.2 Å². The monoisotopic (exact) mass is 420 g/mol. The van der Waals surface area contributed by atoms with E-state index in [4.69, 9.17) is 9.47 Å². The van der Waals surface area contributed by atoms with Gasteiger partial charge in [0.05, 0.1) is 25.3 Å². The van der Waals surface area contributed by atoms with Gasteiger partial charge < -0.3 is 24.0 Å². The minimum absolute atomic E-state index is 0.0719. The number of hydrogen-bond donors (Lipinski definition) is 1. The van der Waals surface area contributed by atoms with Gasteiger partial charge >= 0.3 is 0 Å². The molecule has 0 saturated carbocycles. The van der Waals surface area contributed by atoms with Gasteiger partial charge in [-0.15, -0.1) is 0 Å². The molecule has 31 heavy (non-hydrogen) atoms.